The molecule has 2 atom stereocenters. The Morgan fingerprint density at radius 3 is 2.36 bits per heavy atom. The number of thioether (sulfide) groups is 1. The van der Waals surface area contributed by atoms with Crippen LogP contribution in [-0.2, 0) is 6.42 Å². The van der Waals surface area contributed by atoms with Crippen molar-refractivity contribution in [2.75, 3.05) is 12.8 Å². The van der Waals surface area contributed by atoms with Crippen LogP contribution < -0.4 is 5.32 Å². The van der Waals surface area contributed by atoms with Crippen molar-refractivity contribution < 1.29 is 5.11 Å². The van der Waals surface area contributed by atoms with Gasteiger partial charge in [0, 0.05) is 17.5 Å². The molecule has 0 saturated carbocycles. The summed E-state index contributed by atoms with van der Waals surface area (Å²) in [5, 5.41) is 13.6. The molecule has 0 amide bonds. The minimum Gasteiger partial charge on any atom is -0.387 e. The summed E-state index contributed by atoms with van der Waals surface area (Å²) in [6, 6.07) is 19.0. The molecule has 0 radical (unpaired) electrons. The lowest BCUT2D eigenvalue weighted by molar-refractivity contribution is 0.170. The third kappa shape index (κ3) is 5.48. The first kappa shape index (κ1) is 17.1. The quantitative estimate of drug-likeness (QED) is 0.721. The molecule has 2 unspecified atom stereocenters. The van der Waals surface area contributed by atoms with E-state index in [4.69, 9.17) is 0 Å². The van der Waals surface area contributed by atoms with Crippen LogP contribution in [0.25, 0.3) is 0 Å². The van der Waals surface area contributed by atoms with Gasteiger partial charge in [0.25, 0.3) is 0 Å². The molecular weight excluding hydrogens is 290 g/mol. The van der Waals surface area contributed by atoms with Crippen LogP contribution in [0.4, 0.5) is 0 Å². The molecule has 0 spiro atoms. The van der Waals surface area contributed by atoms with Crippen LogP contribution in [0.5, 0.6) is 0 Å². The van der Waals surface area contributed by atoms with Gasteiger partial charge >= 0.3 is 0 Å². The first-order valence-corrected chi connectivity index (χ1v) is 9.01. The predicted octanol–water partition coefficient (Wildman–Crippen LogP) is 4.05. The number of benzene rings is 2. The van der Waals surface area contributed by atoms with Crippen molar-refractivity contribution in [2.45, 2.75) is 36.8 Å². The second-order valence-electron chi connectivity index (χ2n) is 5.62. The van der Waals surface area contributed by atoms with Gasteiger partial charge in [0.15, 0.2) is 0 Å². The maximum atomic E-state index is 10.1. The highest BCUT2D eigenvalue weighted by Gasteiger charge is 2.09. The number of hydrogen-bond donors (Lipinski definition) is 2. The maximum Gasteiger partial charge on any atom is 0.0914 e. The molecule has 2 aromatic carbocycles. The summed E-state index contributed by atoms with van der Waals surface area (Å²) in [7, 11) is 0. The van der Waals surface area contributed by atoms with Gasteiger partial charge in [-0.05, 0) is 49.3 Å². The normalized spacial score (nSPS) is 13.8. The number of aliphatic hydroxyl groups is 1. The van der Waals surface area contributed by atoms with Gasteiger partial charge in [-0.1, -0.05) is 42.5 Å². The van der Waals surface area contributed by atoms with E-state index in [1.165, 1.54) is 10.5 Å². The third-order valence-electron chi connectivity index (χ3n) is 3.87. The molecule has 2 N–H and O–H groups in total. The van der Waals surface area contributed by atoms with Crippen LogP contribution in [0.15, 0.2) is 59.5 Å². The Bertz CT molecular complexity index is 541. The summed E-state index contributed by atoms with van der Waals surface area (Å²) in [5.41, 5.74) is 2.34. The molecule has 0 fully saturated rings. The average molecular weight is 315 g/mol. The Morgan fingerprint density at radius 1 is 1.05 bits per heavy atom. The highest BCUT2D eigenvalue weighted by Crippen LogP contribution is 2.16. The molecule has 0 saturated heterocycles. The van der Waals surface area contributed by atoms with Crippen molar-refractivity contribution in [2.24, 2.45) is 0 Å². The van der Waals surface area contributed by atoms with Crippen molar-refractivity contribution in [3.8, 4) is 0 Å². The van der Waals surface area contributed by atoms with Crippen LogP contribution in [0, 0.1) is 0 Å². The predicted molar refractivity (Wildman–Crippen MR) is 95.4 cm³/mol. The van der Waals surface area contributed by atoms with Crippen LogP contribution >= 0.6 is 11.8 Å². The fourth-order valence-electron chi connectivity index (χ4n) is 2.38. The first-order valence-electron chi connectivity index (χ1n) is 7.78. The largest absolute Gasteiger partial charge is 0.387 e. The second kappa shape index (κ2) is 8.99. The smallest absolute Gasteiger partial charge is 0.0914 e. The summed E-state index contributed by atoms with van der Waals surface area (Å²) in [6.07, 6.45) is 3.79. The highest BCUT2D eigenvalue weighted by atomic mass is 32.2. The van der Waals surface area contributed by atoms with Gasteiger partial charge in [0.2, 0.25) is 0 Å². The van der Waals surface area contributed by atoms with Crippen LogP contribution in [0.2, 0.25) is 0 Å². The molecule has 0 aliphatic carbocycles. The molecule has 3 heteroatoms. The zero-order valence-electron chi connectivity index (χ0n) is 13.3. The molecule has 0 aliphatic rings. The molecule has 2 rings (SSSR count). The van der Waals surface area contributed by atoms with Gasteiger partial charge in [0.05, 0.1) is 6.10 Å². The van der Waals surface area contributed by atoms with Crippen LogP contribution in [-0.4, -0.2) is 23.9 Å². The highest BCUT2D eigenvalue weighted by molar-refractivity contribution is 7.98. The van der Waals surface area contributed by atoms with E-state index >= 15 is 0 Å². The van der Waals surface area contributed by atoms with E-state index in [0.717, 1.165) is 18.4 Å². The van der Waals surface area contributed by atoms with Gasteiger partial charge in [-0.15, -0.1) is 11.8 Å². The molecule has 0 heterocycles. The number of hydrogen-bond acceptors (Lipinski definition) is 3. The van der Waals surface area contributed by atoms with Crippen molar-refractivity contribution in [1.82, 2.24) is 5.32 Å². The monoisotopic (exact) mass is 315 g/mol. The summed E-state index contributed by atoms with van der Waals surface area (Å²) >= 11 is 1.77. The third-order valence-corrected chi connectivity index (χ3v) is 4.61. The standard InChI is InChI=1S/C19H25NOS/c1-15(8-9-16-10-12-18(22-2)13-11-16)20-14-19(21)17-6-4-3-5-7-17/h3-7,10-13,15,19-21H,8-9,14H2,1-2H3. The van der Waals surface area contributed by atoms with E-state index in [-0.39, 0.29) is 0 Å². The van der Waals surface area contributed by atoms with Crippen molar-refractivity contribution >= 4 is 11.8 Å². The molecule has 118 valence electrons. The van der Waals surface area contributed by atoms with E-state index in [0.29, 0.717) is 12.6 Å². The molecule has 0 bridgehead atoms. The lowest BCUT2D eigenvalue weighted by Crippen LogP contribution is -2.30. The lowest BCUT2D eigenvalue weighted by Gasteiger charge is -2.17. The zero-order chi connectivity index (χ0) is 15.8. The fourth-order valence-corrected chi connectivity index (χ4v) is 2.79. The summed E-state index contributed by atoms with van der Waals surface area (Å²) in [5.74, 6) is 0. The lowest BCUT2D eigenvalue weighted by atomic mass is 10.1. The first-order chi connectivity index (χ1) is 10.7. The van der Waals surface area contributed by atoms with E-state index < -0.39 is 6.10 Å². The van der Waals surface area contributed by atoms with E-state index in [1.54, 1.807) is 11.8 Å². The second-order valence-corrected chi connectivity index (χ2v) is 6.50. The van der Waals surface area contributed by atoms with Crippen LogP contribution in [0.3, 0.4) is 0 Å². The molecule has 0 aromatic heterocycles. The van der Waals surface area contributed by atoms with Gasteiger partial charge in [-0.3, -0.25) is 0 Å². The van der Waals surface area contributed by atoms with Crippen molar-refractivity contribution in [3.63, 3.8) is 0 Å². The van der Waals surface area contributed by atoms with Crippen LogP contribution in [0.1, 0.15) is 30.6 Å². The van der Waals surface area contributed by atoms with Gasteiger partial charge in [-0.25, -0.2) is 0 Å². The topological polar surface area (TPSA) is 32.3 Å². The minimum atomic E-state index is -0.440. The van der Waals surface area contributed by atoms with Crippen molar-refractivity contribution in [1.29, 1.82) is 0 Å². The summed E-state index contributed by atoms with van der Waals surface area (Å²) < 4.78 is 0. The van der Waals surface area contributed by atoms with Gasteiger partial charge in [-0.2, -0.15) is 0 Å². The number of aryl methyl sites for hydroxylation is 1. The SMILES string of the molecule is CSc1ccc(CCC(C)NCC(O)c2ccccc2)cc1. The maximum absolute atomic E-state index is 10.1. The van der Waals surface area contributed by atoms with E-state index in [9.17, 15) is 5.11 Å². The Morgan fingerprint density at radius 2 is 1.73 bits per heavy atom. The zero-order valence-corrected chi connectivity index (χ0v) is 14.1. The Kier molecular flexibility index (Phi) is 6.97. The summed E-state index contributed by atoms with van der Waals surface area (Å²) in [6.45, 7) is 2.77. The minimum absolute atomic E-state index is 0.388. The molecule has 2 aromatic rings. The average Bonchev–Trinajstić information content (AvgIpc) is 2.59. The number of nitrogens with one attached hydrogen (secondary N) is 1. The van der Waals surface area contributed by atoms with Gasteiger partial charge in [0.1, 0.15) is 0 Å². The number of rotatable bonds is 8. The Balaban J connectivity index is 1.72. The van der Waals surface area contributed by atoms with E-state index in [1.807, 2.05) is 30.3 Å². The van der Waals surface area contributed by atoms with Crippen molar-refractivity contribution in [3.05, 3.63) is 65.7 Å². The fraction of sp³-hybridized carbons (Fsp3) is 0.368. The number of aliphatic hydroxyl groups excluding tert-OH is 1. The van der Waals surface area contributed by atoms with Gasteiger partial charge < -0.3 is 10.4 Å². The molecule has 0 aliphatic heterocycles. The Labute approximate surface area is 138 Å². The molecule has 22 heavy (non-hydrogen) atoms. The Hall–Kier alpha value is -1.29. The molecular formula is C19H25NOS. The summed E-state index contributed by atoms with van der Waals surface area (Å²) in [4.78, 5) is 1.31. The molecule has 2 nitrogen and oxygen atoms in total. The van der Waals surface area contributed by atoms with E-state index in [2.05, 4.69) is 42.8 Å².